The lowest BCUT2D eigenvalue weighted by atomic mass is 10.1. The molecule has 2 nitrogen and oxygen atoms in total. The van der Waals surface area contributed by atoms with E-state index < -0.39 is 0 Å². The minimum Gasteiger partial charge on any atom is -0.397 e. The van der Waals surface area contributed by atoms with E-state index in [-0.39, 0.29) is 5.82 Å². The van der Waals surface area contributed by atoms with Gasteiger partial charge in [0.2, 0.25) is 0 Å². The van der Waals surface area contributed by atoms with E-state index in [0.717, 1.165) is 11.4 Å². The van der Waals surface area contributed by atoms with Crippen LogP contribution in [0, 0.1) is 12.7 Å². The zero-order chi connectivity index (χ0) is 11.7. The first-order valence-corrected chi connectivity index (χ1v) is 6.61. The molecule has 1 saturated heterocycles. The van der Waals surface area contributed by atoms with Crippen LogP contribution in [0.15, 0.2) is 12.1 Å². The second kappa shape index (κ2) is 4.53. The third-order valence-electron chi connectivity index (χ3n) is 3.14. The highest BCUT2D eigenvalue weighted by atomic mass is 32.2. The molecule has 0 saturated carbocycles. The molecule has 2 rings (SSSR count). The predicted octanol–water partition coefficient (Wildman–Crippen LogP) is 2.66. The Bertz CT molecular complexity index is 389. The van der Waals surface area contributed by atoms with Crippen LogP contribution in [0.2, 0.25) is 0 Å². The summed E-state index contributed by atoms with van der Waals surface area (Å²) in [6.45, 7) is 1.77. The van der Waals surface area contributed by atoms with Gasteiger partial charge in [0, 0.05) is 18.8 Å². The van der Waals surface area contributed by atoms with Crippen LogP contribution in [-0.4, -0.2) is 24.6 Å². The molecule has 0 radical (unpaired) electrons. The highest BCUT2D eigenvalue weighted by Crippen LogP contribution is 2.31. The van der Waals surface area contributed by atoms with Gasteiger partial charge < -0.3 is 10.6 Å². The van der Waals surface area contributed by atoms with Gasteiger partial charge in [-0.1, -0.05) is 0 Å². The van der Waals surface area contributed by atoms with Gasteiger partial charge in [0.25, 0.3) is 0 Å². The van der Waals surface area contributed by atoms with E-state index in [1.165, 1.54) is 18.2 Å². The summed E-state index contributed by atoms with van der Waals surface area (Å²) >= 11 is 1.96. The first-order valence-electron chi connectivity index (χ1n) is 5.46. The molecule has 88 valence electrons. The number of thioether (sulfide) groups is 1. The lowest BCUT2D eigenvalue weighted by Crippen LogP contribution is -2.31. The average Bonchev–Trinajstić information content (AvgIpc) is 2.75. The minimum atomic E-state index is -0.226. The van der Waals surface area contributed by atoms with Crippen LogP contribution in [0.4, 0.5) is 15.8 Å². The number of hydrogen-bond donors (Lipinski definition) is 1. The maximum atomic E-state index is 13.3. The molecule has 1 aliphatic heterocycles. The summed E-state index contributed by atoms with van der Waals surface area (Å²) in [5, 5.41) is 0. The Labute approximate surface area is 100 Å². The molecule has 1 atom stereocenters. The van der Waals surface area contributed by atoms with Crippen LogP contribution < -0.4 is 10.6 Å². The minimum absolute atomic E-state index is 0.226. The van der Waals surface area contributed by atoms with Crippen LogP contribution in [0.5, 0.6) is 0 Å². The maximum Gasteiger partial charge on any atom is 0.128 e. The quantitative estimate of drug-likeness (QED) is 0.806. The van der Waals surface area contributed by atoms with Crippen molar-refractivity contribution in [3.63, 3.8) is 0 Å². The molecule has 0 spiro atoms. The first kappa shape index (κ1) is 11.6. The van der Waals surface area contributed by atoms with Crippen molar-refractivity contribution >= 4 is 23.1 Å². The molecule has 1 unspecified atom stereocenters. The van der Waals surface area contributed by atoms with Crippen LogP contribution in [0.25, 0.3) is 0 Å². The molecular weight excluding hydrogens is 223 g/mol. The zero-order valence-corrected chi connectivity index (χ0v) is 10.5. The normalized spacial score (nSPS) is 20.1. The van der Waals surface area contributed by atoms with Gasteiger partial charge in [0.05, 0.1) is 11.4 Å². The number of rotatable bonds is 2. The smallest absolute Gasteiger partial charge is 0.128 e. The van der Waals surface area contributed by atoms with E-state index >= 15 is 0 Å². The van der Waals surface area contributed by atoms with Gasteiger partial charge in [-0.25, -0.2) is 4.39 Å². The molecule has 16 heavy (non-hydrogen) atoms. The molecule has 0 aliphatic carbocycles. The predicted molar refractivity (Wildman–Crippen MR) is 69.7 cm³/mol. The number of anilines is 2. The number of halogens is 1. The largest absolute Gasteiger partial charge is 0.397 e. The number of nitrogen functional groups attached to an aromatic ring is 1. The van der Waals surface area contributed by atoms with E-state index in [4.69, 9.17) is 5.73 Å². The zero-order valence-electron chi connectivity index (χ0n) is 9.66. The van der Waals surface area contributed by atoms with E-state index in [9.17, 15) is 4.39 Å². The fourth-order valence-electron chi connectivity index (χ4n) is 2.01. The maximum absolute atomic E-state index is 13.3. The Morgan fingerprint density at radius 3 is 2.88 bits per heavy atom. The summed E-state index contributed by atoms with van der Waals surface area (Å²) in [6, 6.07) is 3.79. The summed E-state index contributed by atoms with van der Waals surface area (Å²) in [4.78, 5) is 2.18. The Morgan fingerprint density at radius 2 is 2.25 bits per heavy atom. The van der Waals surface area contributed by atoms with Crippen molar-refractivity contribution < 1.29 is 4.39 Å². The van der Waals surface area contributed by atoms with Gasteiger partial charge in [-0.05, 0) is 36.8 Å². The molecule has 0 bridgehead atoms. The number of nitrogens with zero attached hydrogens (tertiary/aromatic N) is 1. The van der Waals surface area contributed by atoms with E-state index in [1.807, 2.05) is 24.9 Å². The fourth-order valence-corrected chi connectivity index (χ4v) is 3.28. The summed E-state index contributed by atoms with van der Waals surface area (Å²) < 4.78 is 13.3. The number of nitrogens with two attached hydrogens (primary N) is 1. The van der Waals surface area contributed by atoms with E-state index in [0.29, 0.717) is 17.3 Å². The number of hydrogen-bond acceptors (Lipinski definition) is 3. The fraction of sp³-hybridized carbons (Fsp3) is 0.500. The van der Waals surface area contributed by atoms with Crippen molar-refractivity contribution in [1.82, 2.24) is 0 Å². The molecule has 1 aliphatic rings. The first-order chi connectivity index (χ1) is 7.59. The average molecular weight is 240 g/mol. The molecule has 1 aromatic rings. The van der Waals surface area contributed by atoms with E-state index in [2.05, 4.69) is 4.90 Å². The summed E-state index contributed by atoms with van der Waals surface area (Å²) in [7, 11) is 2.04. The molecule has 1 fully saturated rings. The van der Waals surface area contributed by atoms with Crippen molar-refractivity contribution in [3.8, 4) is 0 Å². The van der Waals surface area contributed by atoms with Gasteiger partial charge in [0.15, 0.2) is 0 Å². The summed E-state index contributed by atoms with van der Waals surface area (Å²) in [6.07, 6.45) is 1.18. The Balaban J connectivity index is 2.28. The van der Waals surface area contributed by atoms with Crippen molar-refractivity contribution in [3.05, 3.63) is 23.5 Å². The van der Waals surface area contributed by atoms with Crippen molar-refractivity contribution in [2.45, 2.75) is 19.4 Å². The Morgan fingerprint density at radius 1 is 1.50 bits per heavy atom. The Kier molecular flexibility index (Phi) is 3.28. The standard InChI is InChI=1S/C12H17FN2S/c1-8-5-12(11(14)6-10(8)13)15(2)9-3-4-16-7-9/h5-6,9H,3-4,7,14H2,1-2H3. The molecule has 2 N–H and O–H groups in total. The highest BCUT2D eigenvalue weighted by Gasteiger charge is 2.22. The summed E-state index contributed by atoms with van der Waals surface area (Å²) in [5.41, 5.74) is 8.01. The van der Waals surface area contributed by atoms with Crippen LogP contribution in [-0.2, 0) is 0 Å². The molecule has 0 amide bonds. The SMILES string of the molecule is Cc1cc(N(C)C2CCSC2)c(N)cc1F. The van der Waals surface area contributed by atoms with Crippen LogP contribution >= 0.6 is 11.8 Å². The third-order valence-corrected chi connectivity index (χ3v) is 4.29. The van der Waals surface area contributed by atoms with Crippen molar-refractivity contribution in [2.75, 3.05) is 29.2 Å². The second-order valence-corrected chi connectivity index (χ2v) is 5.44. The lowest BCUT2D eigenvalue weighted by molar-refractivity contribution is 0.618. The van der Waals surface area contributed by atoms with Crippen LogP contribution in [0.3, 0.4) is 0 Å². The highest BCUT2D eigenvalue weighted by molar-refractivity contribution is 7.99. The molecule has 1 aromatic carbocycles. The monoisotopic (exact) mass is 240 g/mol. The number of benzene rings is 1. The van der Waals surface area contributed by atoms with Gasteiger partial charge in [-0.3, -0.25) is 0 Å². The van der Waals surface area contributed by atoms with Crippen molar-refractivity contribution in [2.24, 2.45) is 0 Å². The topological polar surface area (TPSA) is 29.3 Å². The molecule has 0 aromatic heterocycles. The lowest BCUT2D eigenvalue weighted by Gasteiger charge is -2.27. The molecular formula is C12H17FN2S. The number of aryl methyl sites for hydroxylation is 1. The van der Waals surface area contributed by atoms with Gasteiger partial charge in [0.1, 0.15) is 5.82 Å². The Hall–Kier alpha value is -0.900. The van der Waals surface area contributed by atoms with Gasteiger partial charge >= 0.3 is 0 Å². The third kappa shape index (κ3) is 2.12. The summed E-state index contributed by atoms with van der Waals surface area (Å²) in [5.74, 6) is 2.11. The van der Waals surface area contributed by atoms with Crippen LogP contribution in [0.1, 0.15) is 12.0 Å². The van der Waals surface area contributed by atoms with Crippen molar-refractivity contribution in [1.29, 1.82) is 0 Å². The van der Waals surface area contributed by atoms with E-state index in [1.54, 1.807) is 6.92 Å². The molecule has 1 heterocycles. The van der Waals surface area contributed by atoms with Gasteiger partial charge in [-0.15, -0.1) is 0 Å². The second-order valence-electron chi connectivity index (χ2n) is 4.29. The van der Waals surface area contributed by atoms with Gasteiger partial charge in [-0.2, -0.15) is 11.8 Å². The molecule has 4 heteroatoms.